The summed E-state index contributed by atoms with van der Waals surface area (Å²) < 4.78 is 13.4. The molecule has 1 N–H and O–H groups in total. The van der Waals surface area contributed by atoms with E-state index in [-0.39, 0.29) is 11.9 Å². The quantitative estimate of drug-likeness (QED) is 0.543. The second-order valence-corrected chi connectivity index (χ2v) is 13.1. The van der Waals surface area contributed by atoms with Crippen LogP contribution >= 0.6 is 0 Å². The predicted molar refractivity (Wildman–Crippen MR) is 118 cm³/mol. The minimum absolute atomic E-state index is 0.0389. The van der Waals surface area contributed by atoms with Gasteiger partial charge in [0.05, 0.1) is 18.8 Å². The molecule has 2 aliphatic heterocycles. The Morgan fingerprint density at radius 2 is 1.63 bits per heavy atom. The van der Waals surface area contributed by atoms with E-state index in [1.165, 1.54) is 44.9 Å². The van der Waals surface area contributed by atoms with Crippen molar-refractivity contribution in [3.05, 3.63) is 0 Å². The lowest BCUT2D eigenvalue weighted by molar-refractivity contribution is -0.273. The fourth-order valence-electron chi connectivity index (χ4n) is 10.3. The number of hydrogen-bond acceptors (Lipinski definition) is 3. The second-order valence-electron chi connectivity index (χ2n) is 13.1. The van der Waals surface area contributed by atoms with Crippen molar-refractivity contribution >= 4 is 0 Å². The van der Waals surface area contributed by atoms with Gasteiger partial charge in [0.15, 0.2) is 5.79 Å². The molecule has 170 valence electrons. The zero-order chi connectivity index (χ0) is 20.9. The zero-order valence-electron chi connectivity index (χ0n) is 19.7. The molecule has 6 rings (SSSR count). The minimum atomic E-state index is -0.282. The van der Waals surface area contributed by atoms with Crippen molar-refractivity contribution < 1.29 is 14.6 Å². The molecule has 4 saturated carbocycles. The summed E-state index contributed by atoms with van der Waals surface area (Å²) in [4.78, 5) is 0. The predicted octanol–water partition coefficient (Wildman–Crippen LogP) is 5.79. The molecular weight excluding hydrogens is 372 g/mol. The summed E-state index contributed by atoms with van der Waals surface area (Å²) >= 11 is 0. The van der Waals surface area contributed by atoms with E-state index in [4.69, 9.17) is 9.47 Å². The van der Waals surface area contributed by atoms with E-state index in [0.29, 0.717) is 34.7 Å². The highest BCUT2D eigenvalue weighted by Gasteiger charge is 2.69. The van der Waals surface area contributed by atoms with Crippen LogP contribution in [0.3, 0.4) is 0 Å². The van der Waals surface area contributed by atoms with Crippen LogP contribution in [0.4, 0.5) is 0 Å². The third kappa shape index (κ3) is 2.61. The van der Waals surface area contributed by atoms with Gasteiger partial charge in [-0.25, -0.2) is 0 Å². The third-order valence-electron chi connectivity index (χ3n) is 11.9. The van der Waals surface area contributed by atoms with Gasteiger partial charge in [-0.1, -0.05) is 27.7 Å². The highest BCUT2D eigenvalue weighted by atomic mass is 16.7. The first-order valence-electron chi connectivity index (χ1n) is 13.3. The summed E-state index contributed by atoms with van der Waals surface area (Å²) in [7, 11) is 0. The average molecular weight is 417 g/mol. The van der Waals surface area contributed by atoms with E-state index < -0.39 is 0 Å². The maximum absolute atomic E-state index is 10.3. The Kier molecular flexibility index (Phi) is 4.58. The molecule has 0 amide bonds. The minimum Gasteiger partial charge on any atom is -0.393 e. The molecule has 4 aliphatic carbocycles. The molecule has 6 fully saturated rings. The fourth-order valence-corrected chi connectivity index (χ4v) is 10.3. The van der Waals surface area contributed by atoms with Crippen LogP contribution in [0.25, 0.3) is 0 Å². The van der Waals surface area contributed by atoms with Crippen molar-refractivity contribution in [2.75, 3.05) is 6.61 Å². The molecule has 2 saturated heterocycles. The number of fused-ring (bicyclic) bond motifs is 7. The molecule has 1 unspecified atom stereocenters. The molecule has 1 spiro atoms. The van der Waals surface area contributed by atoms with Crippen LogP contribution < -0.4 is 0 Å². The number of aliphatic hydroxyl groups excluding tert-OH is 1. The van der Waals surface area contributed by atoms with E-state index >= 15 is 0 Å². The van der Waals surface area contributed by atoms with Crippen LogP contribution in [-0.4, -0.2) is 29.7 Å². The molecule has 0 aromatic heterocycles. The van der Waals surface area contributed by atoms with Crippen molar-refractivity contribution in [3.63, 3.8) is 0 Å². The van der Waals surface area contributed by atoms with E-state index in [1.54, 1.807) is 0 Å². The van der Waals surface area contributed by atoms with Gasteiger partial charge >= 0.3 is 0 Å². The largest absolute Gasteiger partial charge is 0.393 e. The second kappa shape index (κ2) is 6.70. The summed E-state index contributed by atoms with van der Waals surface area (Å²) in [6.07, 6.45) is 12.9. The van der Waals surface area contributed by atoms with Gasteiger partial charge in [0.2, 0.25) is 0 Å². The van der Waals surface area contributed by atoms with Crippen LogP contribution in [0.15, 0.2) is 0 Å². The van der Waals surface area contributed by atoms with Crippen LogP contribution in [0.2, 0.25) is 0 Å². The van der Waals surface area contributed by atoms with Gasteiger partial charge in [0.25, 0.3) is 0 Å². The van der Waals surface area contributed by atoms with Crippen LogP contribution in [0.5, 0.6) is 0 Å². The highest BCUT2D eigenvalue weighted by Crippen LogP contribution is 2.71. The average Bonchev–Trinajstić information content (AvgIpc) is 3.16. The van der Waals surface area contributed by atoms with Crippen LogP contribution in [-0.2, 0) is 9.47 Å². The van der Waals surface area contributed by atoms with Crippen molar-refractivity contribution in [2.24, 2.45) is 52.3 Å². The van der Waals surface area contributed by atoms with Gasteiger partial charge in [0, 0.05) is 12.3 Å². The molecular formula is C27H44O3. The number of rotatable bonds is 0. The van der Waals surface area contributed by atoms with E-state index in [9.17, 15) is 5.11 Å². The lowest BCUT2D eigenvalue weighted by Gasteiger charge is -2.61. The lowest BCUT2D eigenvalue weighted by atomic mass is 9.44. The maximum atomic E-state index is 10.3. The number of ether oxygens (including phenoxy) is 2. The topological polar surface area (TPSA) is 38.7 Å². The molecule has 2 heterocycles. The molecule has 0 aromatic carbocycles. The first-order valence-corrected chi connectivity index (χ1v) is 13.3. The molecule has 0 bridgehead atoms. The smallest absolute Gasteiger partial charge is 0.171 e. The Hall–Kier alpha value is -0.120. The summed E-state index contributed by atoms with van der Waals surface area (Å²) in [6, 6.07) is 0. The first-order chi connectivity index (χ1) is 14.3. The fraction of sp³-hybridized carbons (Fsp3) is 1.00. The van der Waals surface area contributed by atoms with Gasteiger partial charge in [-0.3, -0.25) is 0 Å². The molecule has 3 heteroatoms. The van der Waals surface area contributed by atoms with Crippen molar-refractivity contribution in [2.45, 2.75) is 110 Å². The Morgan fingerprint density at radius 1 is 0.833 bits per heavy atom. The normalized spacial score (nSPS) is 62.5. The monoisotopic (exact) mass is 416 g/mol. The van der Waals surface area contributed by atoms with Crippen LogP contribution in [0, 0.1) is 52.3 Å². The van der Waals surface area contributed by atoms with Gasteiger partial charge in [-0.05, 0) is 104 Å². The van der Waals surface area contributed by atoms with E-state index in [0.717, 1.165) is 49.5 Å². The van der Waals surface area contributed by atoms with Gasteiger partial charge in [0.1, 0.15) is 0 Å². The molecule has 6 aliphatic rings. The number of aliphatic hydroxyl groups is 1. The third-order valence-corrected chi connectivity index (χ3v) is 11.9. The molecule has 0 aromatic rings. The van der Waals surface area contributed by atoms with Crippen molar-refractivity contribution in [1.29, 1.82) is 0 Å². The number of hydrogen-bond donors (Lipinski definition) is 1. The highest BCUT2D eigenvalue weighted by molar-refractivity contribution is 5.15. The van der Waals surface area contributed by atoms with Gasteiger partial charge < -0.3 is 14.6 Å². The van der Waals surface area contributed by atoms with Gasteiger partial charge in [-0.2, -0.15) is 0 Å². The van der Waals surface area contributed by atoms with Crippen LogP contribution in [0.1, 0.15) is 91.9 Å². The molecule has 12 atom stereocenters. The summed E-state index contributed by atoms with van der Waals surface area (Å²) in [6.45, 7) is 10.9. The summed E-state index contributed by atoms with van der Waals surface area (Å²) in [5, 5.41) is 10.3. The zero-order valence-corrected chi connectivity index (χ0v) is 19.7. The Morgan fingerprint density at radius 3 is 2.40 bits per heavy atom. The molecule has 30 heavy (non-hydrogen) atoms. The Bertz CT molecular complexity index is 684. The van der Waals surface area contributed by atoms with Gasteiger partial charge in [-0.15, -0.1) is 0 Å². The van der Waals surface area contributed by atoms with E-state index in [2.05, 4.69) is 27.7 Å². The van der Waals surface area contributed by atoms with E-state index in [1.807, 2.05) is 0 Å². The molecule has 3 nitrogen and oxygen atoms in total. The molecule has 0 radical (unpaired) electrons. The lowest BCUT2D eigenvalue weighted by Crippen LogP contribution is -2.55. The Balaban J connectivity index is 1.26. The SMILES string of the molecule is C[C@@H]1CC[C@@]2(OC1)O[C@H]1C[C@H]3[C@@H]4CCC5C[C@@H](O)CC[C@]5(C)[C@H]4CC[C@]3(C)[C@H]1[C@@H]2C. The first kappa shape index (κ1) is 20.5. The van der Waals surface area contributed by atoms with Crippen molar-refractivity contribution in [3.8, 4) is 0 Å². The summed E-state index contributed by atoms with van der Waals surface area (Å²) in [5.74, 6) is 4.93. The summed E-state index contributed by atoms with van der Waals surface area (Å²) in [5.41, 5.74) is 0.899. The standard InChI is InChI=1S/C27H44O3/c1-16-7-12-27(29-15-16)17(2)24-23(30-27)14-22-20-6-5-18-13-19(28)8-10-25(18,3)21(20)9-11-26(22,24)4/h16-24,28H,5-15H2,1-4H3/t16-,17+,18?,19+,20-,21+,22+,23+,24+,25+,26+,27-/m1/s1. The van der Waals surface area contributed by atoms with Crippen molar-refractivity contribution in [1.82, 2.24) is 0 Å². The maximum Gasteiger partial charge on any atom is 0.171 e. The Labute approximate surface area is 183 Å².